The minimum atomic E-state index is -3.31. The van der Waals surface area contributed by atoms with Crippen molar-refractivity contribution in [1.82, 2.24) is 15.4 Å². The number of aliphatic imine (C=N–C) groups is 1. The Morgan fingerprint density at radius 3 is 2.20 bits per heavy atom. The summed E-state index contributed by atoms with van der Waals surface area (Å²) in [6, 6.07) is 11.8. The lowest BCUT2D eigenvalue weighted by Gasteiger charge is -2.11. The smallest absolute Gasteiger partial charge is 0.216 e. The minimum absolute atomic E-state index is 0. The molecule has 1 aromatic heterocycles. The first-order chi connectivity index (χ1) is 13.8. The normalized spacial score (nSPS) is 12.0. The molecule has 9 heteroatoms. The number of sulfonamides is 1. The molecule has 6 nitrogen and oxygen atoms in total. The summed E-state index contributed by atoms with van der Waals surface area (Å²) in [4.78, 5) is 7.31. The Balaban J connectivity index is 0.00000450. The maximum atomic E-state index is 12.0. The van der Waals surface area contributed by atoms with E-state index in [0.717, 1.165) is 36.6 Å². The maximum absolute atomic E-state index is 12.0. The van der Waals surface area contributed by atoms with E-state index < -0.39 is 10.0 Å². The lowest BCUT2D eigenvalue weighted by molar-refractivity contribution is 0.569. The molecule has 0 aliphatic carbocycles. The molecule has 3 N–H and O–H groups in total. The van der Waals surface area contributed by atoms with Gasteiger partial charge in [-0.25, -0.2) is 18.1 Å². The molecule has 0 saturated heterocycles. The van der Waals surface area contributed by atoms with Crippen LogP contribution >= 0.6 is 35.3 Å². The van der Waals surface area contributed by atoms with Crippen molar-refractivity contribution in [1.29, 1.82) is 0 Å². The number of nitrogens with zero attached hydrogens (tertiary/aromatic N) is 1. The quantitative estimate of drug-likeness (QED) is 0.232. The molecule has 0 aliphatic heterocycles. The summed E-state index contributed by atoms with van der Waals surface area (Å²) < 4.78 is 26.7. The number of guanidine groups is 1. The molecule has 0 aliphatic rings. The van der Waals surface area contributed by atoms with Gasteiger partial charge in [0, 0.05) is 22.3 Å². The number of benzene rings is 1. The van der Waals surface area contributed by atoms with Gasteiger partial charge in [-0.2, -0.15) is 0 Å². The molecule has 0 unspecified atom stereocenters. The largest absolute Gasteiger partial charge is 0.357 e. The molecule has 30 heavy (non-hydrogen) atoms. The van der Waals surface area contributed by atoms with Crippen LogP contribution in [0.4, 0.5) is 0 Å². The highest BCUT2D eigenvalue weighted by Gasteiger charge is 2.12. The Labute approximate surface area is 202 Å². The van der Waals surface area contributed by atoms with Crippen LogP contribution in [0.3, 0.4) is 0 Å². The third-order valence-corrected chi connectivity index (χ3v) is 6.83. The summed E-state index contributed by atoms with van der Waals surface area (Å²) in [6.07, 6.45) is 1.06. The maximum Gasteiger partial charge on any atom is 0.216 e. The first-order valence-corrected chi connectivity index (χ1v) is 12.5. The van der Waals surface area contributed by atoms with E-state index in [0.29, 0.717) is 6.54 Å². The molecule has 1 aromatic carbocycles. The molecule has 0 saturated carbocycles. The standard InChI is InChI=1S/C21H32N4O2S2.HI/c1-5-19-11-12-20(28-19)14-24-21(22-6-2)23-13-17-7-9-18(10-8-17)15-29(26,27)25-16(3)4;/h7-12,16,25H,5-6,13-15H2,1-4H3,(H2,22,23,24);1H. The van der Waals surface area contributed by atoms with Crippen LogP contribution in [0.2, 0.25) is 0 Å². The topological polar surface area (TPSA) is 82.6 Å². The summed E-state index contributed by atoms with van der Waals surface area (Å²) in [5.41, 5.74) is 1.80. The van der Waals surface area contributed by atoms with E-state index in [1.165, 1.54) is 9.75 Å². The monoisotopic (exact) mass is 564 g/mol. The zero-order chi connectivity index (χ0) is 21.3. The second-order valence-corrected chi connectivity index (χ2v) is 10.1. The van der Waals surface area contributed by atoms with Gasteiger partial charge in [0.05, 0.1) is 18.8 Å². The third-order valence-electron chi connectivity index (χ3n) is 4.05. The van der Waals surface area contributed by atoms with Gasteiger partial charge in [-0.1, -0.05) is 31.2 Å². The molecular weight excluding hydrogens is 531 g/mol. The highest BCUT2D eigenvalue weighted by atomic mass is 127. The second kappa shape index (κ2) is 13.3. The molecule has 168 valence electrons. The van der Waals surface area contributed by atoms with Crippen molar-refractivity contribution in [3.8, 4) is 0 Å². The van der Waals surface area contributed by atoms with Crippen molar-refractivity contribution in [3.63, 3.8) is 0 Å². The van der Waals surface area contributed by atoms with Crippen LogP contribution in [0, 0.1) is 0 Å². The third kappa shape index (κ3) is 9.76. The van der Waals surface area contributed by atoms with Crippen molar-refractivity contribution in [2.45, 2.75) is 59.0 Å². The van der Waals surface area contributed by atoms with Crippen LogP contribution in [0.25, 0.3) is 0 Å². The molecule has 2 rings (SSSR count). The fourth-order valence-corrected chi connectivity index (χ4v) is 5.08. The SMILES string of the molecule is CCNC(=NCc1ccc(CS(=O)(=O)NC(C)C)cc1)NCc1ccc(CC)s1.I. The molecular formula is C21H33IN4O2S2. The van der Waals surface area contributed by atoms with Crippen molar-refractivity contribution < 1.29 is 8.42 Å². The summed E-state index contributed by atoms with van der Waals surface area (Å²) in [7, 11) is -3.31. The van der Waals surface area contributed by atoms with Gasteiger partial charge >= 0.3 is 0 Å². The average molecular weight is 565 g/mol. The molecule has 0 spiro atoms. The molecule has 0 atom stereocenters. The van der Waals surface area contributed by atoms with Gasteiger partial charge in [-0.3, -0.25) is 0 Å². The number of nitrogens with one attached hydrogen (secondary N) is 3. The van der Waals surface area contributed by atoms with Gasteiger partial charge in [-0.05, 0) is 50.5 Å². The Kier molecular flexibility index (Phi) is 11.9. The van der Waals surface area contributed by atoms with E-state index in [1.54, 1.807) is 0 Å². The number of halogens is 1. The molecule has 1 heterocycles. The lowest BCUT2D eigenvalue weighted by Crippen LogP contribution is -2.36. The Morgan fingerprint density at radius 2 is 1.63 bits per heavy atom. The predicted molar refractivity (Wildman–Crippen MR) is 138 cm³/mol. The van der Waals surface area contributed by atoms with Crippen LogP contribution in [0.1, 0.15) is 48.6 Å². The van der Waals surface area contributed by atoms with E-state index in [2.05, 4.69) is 39.4 Å². The van der Waals surface area contributed by atoms with Crippen molar-refractivity contribution in [2.24, 2.45) is 4.99 Å². The second-order valence-electron chi connectivity index (χ2n) is 7.12. The Bertz CT molecular complexity index is 894. The molecule has 0 amide bonds. The summed E-state index contributed by atoms with van der Waals surface area (Å²) in [6.45, 7) is 9.89. The number of aryl methyl sites for hydroxylation is 1. The molecule has 0 radical (unpaired) electrons. The van der Waals surface area contributed by atoms with Gasteiger partial charge in [0.1, 0.15) is 0 Å². The van der Waals surface area contributed by atoms with E-state index in [4.69, 9.17) is 0 Å². The zero-order valence-corrected chi connectivity index (χ0v) is 22.0. The van der Waals surface area contributed by atoms with E-state index in [-0.39, 0.29) is 35.8 Å². The molecule has 2 aromatic rings. The van der Waals surface area contributed by atoms with Gasteiger partial charge in [-0.15, -0.1) is 35.3 Å². The highest BCUT2D eigenvalue weighted by Crippen LogP contribution is 2.16. The van der Waals surface area contributed by atoms with Gasteiger partial charge in [0.15, 0.2) is 5.96 Å². The summed E-state index contributed by atoms with van der Waals surface area (Å²) >= 11 is 1.82. The number of thiophene rings is 1. The highest BCUT2D eigenvalue weighted by molar-refractivity contribution is 14.0. The predicted octanol–water partition coefficient (Wildman–Crippen LogP) is 4.01. The minimum Gasteiger partial charge on any atom is -0.357 e. The van der Waals surface area contributed by atoms with Crippen LogP contribution in [0.5, 0.6) is 0 Å². The van der Waals surface area contributed by atoms with Gasteiger partial charge < -0.3 is 10.6 Å². The average Bonchev–Trinajstić information content (AvgIpc) is 3.12. The summed E-state index contributed by atoms with van der Waals surface area (Å²) in [5, 5.41) is 6.63. The van der Waals surface area contributed by atoms with E-state index in [9.17, 15) is 8.42 Å². The van der Waals surface area contributed by atoms with Crippen molar-refractivity contribution in [3.05, 3.63) is 57.3 Å². The van der Waals surface area contributed by atoms with Gasteiger partial charge in [0.2, 0.25) is 10.0 Å². The number of hydrogen-bond donors (Lipinski definition) is 3. The van der Waals surface area contributed by atoms with Crippen LogP contribution in [-0.4, -0.2) is 27.0 Å². The Morgan fingerprint density at radius 1 is 1.00 bits per heavy atom. The fraction of sp³-hybridized carbons (Fsp3) is 0.476. The first kappa shape index (κ1) is 26.9. The fourth-order valence-electron chi connectivity index (χ4n) is 2.75. The molecule has 0 fully saturated rings. The Hall–Kier alpha value is -1.17. The first-order valence-electron chi connectivity index (χ1n) is 9.99. The lowest BCUT2D eigenvalue weighted by atomic mass is 10.1. The number of rotatable bonds is 10. The van der Waals surface area contributed by atoms with Crippen LogP contribution < -0.4 is 15.4 Å². The van der Waals surface area contributed by atoms with Gasteiger partial charge in [0.25, 0.3) is 0 Å². The zero-order valence-electron chi connectivity index (χ0n) is 18.1. The van der Waals surface area contributed by atoms with E-state index >= 15 is 0 Å². The van der Waals surface area contributed by atoms with Crippen molar-refractivity contribution >= 4 is 51.3 Å². The van der Waals surface area contributed by atoms with E-state index in [1.807, 2.05) is 56.4 Å². The number of hydrogen-bond acceptors (Lipinski definition) is 4. The van der Waals surface area contributed by atoms with Crippen LogP contribution in [-0.2, 0) is 35.3 Å². The summed E-state index contributed by atoms with van der Waals surface area (Å²) in [5.74, 6) is 0.756. The van der Waals surface area contributed by atoms with Crippen molar-refractivity contribution in [2.75, 3.05) is 6.54 Å². The van der Waals surface area contributed by atoms with Crippen LogP contribution in [0.15, 0.2) is 41.4 Å². The molecule has 0 bridgehead atoms.